The molecule has 0 saturated heterocycles. The van der Waals surface area contributed by atoms with E-state index in [4.69, 9.17) is 0 Å². The second kappa shape index (κ2) is 11.7. The van der Waals surface area contributed by atoms with Gasteiger partial charge in [0.05, 0.1) is 12.1 Å². The zero-order valence-electron chi connectivity index (χ0n) is 17.2. The average molecular weight is 488 g/mol. The summed E-state index contributed by atoms with van der Waals surface area (Å²) in [5.74, 6) is 0.603. The van der Waals surface area contributed by atoms with Crippen LogP contribution in [0.1, 0.15) is 48.8 Å². The molecule has 0 bridgehead atoms. The van der Waals surface area contributed by atoms with Crippen LogP contribution in [0.4, 0.5) is 5.82 Å². The van der Waals surface area contributed by atoms with E-state index in [2.05, 4.69) is 37.9 Å². The van der Waals surface area contributed by atoms with E-state index < -0.39 is 0 Å². The van der Waals surface area contributed by atoms with Gasteiger partial charge in [0.2, 0.25) is 5.78 Å². The van der Waals surface area contributed by atoms with E-state index in [0.29, 0.717) is 30.2 Å². The normalized spacial score (nSPS) is 11.6. The third-order valence-corrected chi connectivity index (χ3v) is 5.61. The fourth-order valence-corrected chi connectivity index (χ4v) is 3.67. The molecular formula is C23H30BrN5O2. The van der Waals surface area contributed by atoms with Gasteiger partial charge in [-0.25, -0.2) is 9.97 Å². The van der Waals surface area contributed by atoms with E-state index in [9.17, 15) is 9.90 Å². The number of hydrogen-bond acceptors (Lipinski definition) is 6. The number of carbonyl (C=O) groups excluding carboxylic acids is 1. The smallest absolute Gasteiger partial charge is 0.218 e. The van der Waals surface area contributed by atoms with Gasteiger partial charge in [-0.1, -0.05) is 48.8 Å². The van der Waals surface area contributed by atoms with E-state index in [-0.39, 0.29) is 25.7 Å². The second-order valence-electron chi connectivity index (χ2n) is 7.28. The van der Waals surface area contributed by atoms with Crippen molar-refractivity contribution >= 4 is 27.5 Å². The van der Waals surface area contributed by atoms with Crippen molar-refractivity contribution in [3.63, 3.8) is 0 Å². The maximum atomic E-state index is 13.1. The van der Waals surface area contributed by atoms with Gasteiger partial charge < -0.3 is 10.0 Å². The highest BCUT2D eigenvalue weighted by molar-refractivity contribution is 9.10. The molecule has 3 rings (SSSR count). The van der Waals surface area contributed by atoms with E-state index >= 15 is 0 Å². The molecule has 0 fully saturated rings. The highest BCUT2D eigenvalue weighted by atomic mass is 79.9. The van der Waals surface area contributed by atoms with Gasteiger partial charge in [0.1, 0.15) is 17.8 Å². The molecule has 0 aliphatic rings. The fourth-order valence-electron chi connectivity index (χ4n) is 3.23. The number of aromatic nitrogens is 4. The number of aliphatic hydroxyl groups is 1. The van der Waals surface area contributed by atoms with Gasteiger partial charge in [-0.2, -0.15) is 5.10 Å². The summed E-state index contributed by atoms with van der Waals surface area (Å²) in [4.78, 5) is 23.4. The van der Waals surface area contributed by atoms with Crippen molar-refractivity contribution in [2.45, 2.75) is 33.7 Å². The van der Waals surface area contributed by atoms with Crippen LogP contribution < -0.4 is 4.90 Å². The molecule has 0 spiro atoms. The highest BCUT2D eigenvalue weighted by Crippen LogP contribution is 2.20. The zero-order valence-corrected chi connectivity index (χ0v) is 18.8. The average Bonchev–Trinajstić information content (AvgIpc) is 3.22. The molecule has 0 saturated carbocycles. The SMILES string of the molecule is C.CCC(CO)CCN(C)c1ncncc1C(=O)c1ccn(Cc2cccc(Br)c2)n1. The molecule has 7 nitrogen and oxygen atoms in total. The summed E-state index contributed by atoms with van der Waals surface area (Å²) < 4.78 is 2.75. The Morgan fingerprint density at radius 3 is 2.84 bits per heavy atom. The van der Waals surface area contributed by atoms with Crippen LogP contribution in [0.15, 0.2) is 53.5 Å². The molecule has 2 aromatic heterocycles. The Morgan fingerprint density at radius 1 is 1.32 bits per heavy atom. The summed E-state index contributed by atoms with van der Waals surface area (Å²) in [7, 11) is 1.90. The summed E-state index contributed by atoms with van der Waals surface area (Å²) in [6, 6.07) is 9.70. The quantitative estimate of drug-likeness (QED) is 0.431. The number of rotatable bonds is 10. The fraction of sp³-hybridized carbons (Fsp3) is 0.391. The lowest BCUT2D eigenvalue weighted by Crippen LogP contribution is -2.25. The molecule has 0 aliphatic heterocycles. The lowest BCUT2D eigenvalue weighted by Gasteiger charge is -2.22. The summed E-state index contributed by atoms with van der Waals surface area (Å²) in [6.07, 6.45) is 6.52. The molecule has 3 aromatic rings. The van der Waals surface area contributed by atoms with Crippen molar-refractivity contribution in [3.8, 4) is 0 Å². The number of carbonyl (C=O) groups is 1. The van der Waals surface area contributed by atoms with Crippen LogP contribution in [0.3, 0.4) is 0 Å². The van der Waals surface area contributed by atoms with E-state index in [1.165, 1.54) is 12.5 Å². The van der Waals surface area contributed by atoms with Crippen molar-refractivity contribution in [2.75, 3.05) is 25.1 Å². The number of ketones is 1. The maximum absolute atomic E-state index is 13.1. The lowest BCUT2D eigenvalue weighted by molar-refractivity contribution is 0.103. The van der Waals surface area contributed by atoms with Crippen molar-refractivity contribution in [1.82, 2.24) is 19.7 Å². The van der Waals surface area contributed by atoms with Crippen LogP contribution in [-0.4, -0.2) is 50.8 Å². The molecule has 166 valence electrons. The molecule has 0 amide bonds. The Balaban J connectivity index is 0.00000341. The predicted octanol–water partition coefficient (Wildman–Crippen LogP) is 4.20. The summed E-state index contributed by atoms with van der Waals surface area (Å²) >= 11 is 3.47. The molecule has 1 N–H and O–H groups in total. The maximum Gasteiger partial charge on any atom is 0.218 e. The number of aliphatic hydroxyl groups excluding tert-OH is 1. The third kappa shape index (κ3) is 6.45. The first-order valence-electron chi connectivity index (χ1n) is 9.96. The second-order valence-corrected chi connectivity index (χ2v) is 8.20. The Hall–Kier alpha value is -2.58. The number of benzene rings is 1. The molecule has 1 aromatic carbocycles. The number of halogens is 1. The van der Waals surface area contributed by atoms with Crippen molar-refractivity contribution < 1.29 is 9.90 Å². The Bertz CT molecular complexity index is 987. The zero-order chi connectivity index (χ0) is 21.5. The number of nitrogens with zero attached hydrogens (tertiary/aromatic N) is 5. The van der Waals surface area contributed by atoms with Crippen molar-refractivity contribution in [1.29, 1.82) is 0 Å². The van der Waals surface area contributed by atoms with Gasteiger partial charge in [-0.3, -0.25) is 9.48 Å². The molecule has 8 heteroatoms. The monoisotopic (exact) mass is 487 g/mol. The van der Waals surface area contributed by atoms with Crippen LogP contribution in [-0.2, 0) is 6.54 Å². The van der Waals surface area contributed by atoms with Crippen molar-refractivity contribution in [2.24, 2.45) is 5.92 Å². The van der Waals surface area contributed by atoms with E-state index in [1.807, 2.05) is 36.2 Å². The molecular weight excluding hydrogens is 458 g/mol. The van der Waals surface area contributed by atoms with Gasteiger partial charge in [-0.15, -0.1) is 0 Å². The predicted molar refractivity (Wildman–Crippen MR) is 126 cm³/mol. The van der Waals surface area contributed by atoms with Crippen LogP contribution in [0.25, 0.3) is 0 Å². The minimum absolute atomic E-state index is 0. The summed E-state index contributed by atoms with van der Waals surface area (Å²) in [6.45, 7) is 3.48. The van der Waals surface area contributed by atoms with Gasteiger partial charge in [0.15, 0.2) is 0 Å². The first-order chi connectivity index (χ1) is 14.5. The topological polar surface area (TPSA) is 84.1 Å². The minimum atomic E-state index is -0.209. The Morgan fingerprint density at radius 2 is 2.13 bits per heavy atom. The number of anilines is 1. The first-order valence-corrected chi connectivity index (χ1v) is 10.8. The lowest BCUT2D eigenvalue weighted by atomic mass is 10.0. The molecule has 1 atom stereocenters. The molecule has 0 radical (unpaired) electrons. The van der Waals surface area contributed by atoms with Crippen LogP contribution >= 0.6 is 15.9 Å². The van der Waals surface area contributed by atoms with E-state index in [0.717, 1.165) is 22.9 Å². The summed E-state index contributed by atoms with van der Waals surface area (Å²) in [5.41, 5.74) is 1.87. The largest absolute Gasteiger partial charge is 0.396 e. The van der Waals surface area contributed by atoms with Crippen LogP contribution in [0.5, 0.6) is 0 Å². The van der Waals surface area contributed by atoms with E-state index in [1.54, 1.807) is 16.9 Å². The Labute approximate surface area is 192 Å². The molecule has 0 aliphatic carbocycles. The van der Waals surface area contributed by atoms with Crippen LogP contribution in [0, 0.1) is 5.92 Å². The number of hydrogen-bond donors (Lipinski definition) is 1. The summed E-state index contributed by atoms with van der Waals surface area (Å²) in [5, 5.41) is 13.9. The third-order valence-electron chi connectivity index (χ3n) is 5.11. The molecule has 1 unspecified atom stereocenters. The first kappa shape index (κ1) is 24.7. The standard InChI is InChI=1S/C22H26BrN5O2.CH4/c1-3-16(14-29)7-9-27(2)22-19(12-24-15-25-22)21(30)20-8-10-28(26-20)13-17-5-4-6-18(23)11-17;/h4-6,8,10-12,15-16,29H,3,7,9,13-14H2,1-2H3;1H4. The highest BCUT2D eigenvalue weighted by Gasteiger charge is 2.20. The Kier molecular flexibility index (Phi) is 9.33. The minimum Gasteiger partial charge on any atom is -0.396 e. The van der Waals surface area contributed by atoms with Gasteiger partial charge in [-0.05, 0) is 36.1 Å². The van der Waals surface area contributed by atoms with Crippen molar-refractivity contribution in [3.05, 3.63) is 70.3 Å². The van der Waals surface area contributed by atoms with Crippen LogP contribution in [0.2, 0.25) is 0 Å². The van der Waals surface area contributed by atoms with Gasteiger partial charge >= 0.3 is 0 Å². The van der Waals surface area contributed by atoms with Gasteiger partial charge in [0.25, 0.3) is 0 Å². The molecule has 31 heavy (non-hydrogen) atoms. The van der Waals surface area contributed by atoms with Gasteiger partial charge in [0, 0.05) is 37.1 Å². The molecule has 2 heterocycles.